The van der Waals surface area contributed by atoms with Gasteiger partial charge in [-0.15, -0.1) is 0 Å². The lowest BCUT2D eigenvalue weighted by Gasteiger charge is -2.13. The molecule has 1 aliphatic heterocycles. The Morgan fingerprint density at radius 3 is 2.73 bits per heavy atom. The minimum atomic E-state index is -0.644. The van der Waals surface area contributed by atoms with Gasteiger partial charge in [0.05, 0.1) is 23.4 Å². The van der Waals surface area contributed by atoms with Crippen molar-refractivity contribution in [2.75, 3.05) is 20.2 Å². The van der Waals surface area contributed by atoms with Gasteiger partial charge in [0.2, 0.25) is 5.91 Å². The minimum absolute atomic E-state index is 0.00913. The Balaban J connectivity index is 1.57. The van der Waals surface area contributed by atoms with E-state index in [0.717, 1.165) is 4.90 Å². The first-order valence-corrected chi connectivity index (χ1v) is 10.7. The summed E-state index contributed by atoms with van der Waals surface area (Å²) in [4.78, 5) is 48.3. The summed E-state index contributed by atoms with van der Waals surface area (Å²) in [6.45, 7) is -0.0549. The first-order chi connectivity index (χ1) is 15.7. The second kappa shape index (κ2) is 10.5. The molecule has 0 saturated carbocycles. The van der Waals surface area contributed by atoms with Gasteiger partial charge in [0, 0.05) is 19.2 Å². The second-order valence-electron chi connectivity index (χ2n) is 6.80. The number of hydrogen-bond donors (Lipinski definition) is 1. The highest BCUT2D eigenvalue weighted by Crippen LogP contribution is 2.33. The molecule has 1 fully saturated rings. The molecule has 2 aromatic rings. The van der Waals surface area contributed by atoms with E-state index in [2.05, 4.69) is 5.32 Å². The fraction of sp³-hybridized carbons (Fsp3) is 0.190. The maximum atomic E-state index is 13.7. The largest absolute Gasteiger partial charge is 0.494 e. The molecule has 1 heterocycles. The molecule has 0 atom stereocenters. The first kappa shape index (κ1) is 24.2. The van der Waals surface area contributed by atoms with E-state index in [4.69, 9.17) is 16.3 Å². The molecule has 0 aromatic heterocycles. The Hall–Kier alpha value is -3.44. The minimum Gasteiger partial charge on any atom is -0.494 e. The lowest BCUT2D eigenvalue weighted by Crippen LogP contribution is -2.37. The fourth-order valence-corrected chi connectivity index (χ4v) is 4.03. The number of nitrogens with one attached hydrogen (secondary N) is 1. The van der Waals surface area contributed by atoms with Crippen molar-refractivity contribution in [3.8, 4) is 5.75 Å². The summed E-state index contributed by atoms with van der Waals surface area (Å²) >= 11 is 6.47. The zero-order valence-corrected chi connectivity index (χ0v) is 18.7. The summed E-state index contributed by atoms with van der Waals surface area (Å²) in [5.74, 6) is -1.50. The second-order valence-corrected chi connectivity index (χ2v) is 8.20. The monoisotopic (exact) mass is 493 g/mol. The van der Waals surface area contributed by atoms with Crippen molar-refractivity contribution in [3.05, 3.63) is 73.4 Å². The third-order valence-corrected chi connectivity index (χ3v) is 5.80. The smallest absolute Gasteiger partial charge is 0.293 e. The van der Waals surface area contributed by atoms with Gasteiger partial charge < -0.3 is 10.1 Å². The number of imide groups is 1. The van der Waals surface area contributed by atoms with Crippen LogP contribution in [-0.4, -0.2) is 47.1 Å². The lowest BCUT2D eigenvalue weighted by atomic mass is 10.1. The van der Waals surface area contributed by atoms with Crippen LogP contribution in [0.3, 0.4) is 0 Å². The molecule has 9 nitrogen and oxygen atoms in total. The molecule has 1 aliphatic rings. The van der Waals surface area contributed by atoms with Crippen molar-refractivity contribution in [3.63, 3.8) is 0 Å². The number of hydrogen-bond acceptors (Lipinski definition) is 7. The number of ether oxygens (including phenoxy) is 1. The molecule has 0 bridgehead atoms. The van der Waals surface area contributed by atoms with Crippen molar-refractivity contribution in [2.24, 2.45) is 0 Å². The van der Waals surface area contributed by atoms with E-state index in [0.29, 0.717) is 22.9 Å². The number of rotatable bonds is 8. The average Bonchev–Trinajstić information content (AvgIpc) is 3.02. The van der Waals surface area contributed by atoms with E-state index in [9.17, 15) is 28.9 Å². The van der Waals surface area contributed by atoms with Crippen LogP contribution in [0.15, 0.2) is 41.3 Å². The molecule has 0 spiro atoms. The Bertz CT molecular complexity index is 1170. The van der Waals surface area contributed by atoms with Gasteiger partial charge in [-0.2, -0.15) is 0 Å². The summed E-state index contributed by atoms with van der Waals surface area (Å²) in [7, 11) is 1.34. The van der Waals surface area contributed by atoms with Crippen molar-refractivity contribution < 1.29 is 28.4 Å². The maximum absolute atomic E-state index is 13.7. The number of benzene rings is 2. The Labute approximate surface area is 196 Å². The van der Waals surface area contributed by atoms with Gasteiger partial charge in [-0.05, 0) is 47.2 Å². The highest BCUT2D eigenvalue weighted by molar-refractivity contribution is 8.18. The van der Waals surface area contributed by atoms with Crippen LogP contribution >= 0.6 is 23.4 Å². The molecular formula is C21H17ClFN3O6S. The third-order valence-electron chi connectivity index (χ3n) is 4.58. The van der Waals surface area contributed by atoms with Crippen LogP contribution in [0.1, 0.15) is 11.1 Å². The number of thioether (sulfide) groups is 1. The molecule has 3 rings (SSSR count). The summed E-state index contributed by atoms with van der Waals surface area (Å²) < 4.78 is 18.6. The summed E-state index contributed by atoms with van der Waals surface area (Å²) in [6, 6.07) is 8.20. The Kier molecular flexibility index (Phi) is 7.67. The van der Waals surface area contributed by atoms with Crippen LogP contribution in [0.5, 0.6) is 5.75 Å². The van der Waals surface area contributed by atoms with E-state index < -0.39 is 27.8 Å². The molecular weight excluding hydrogens is 477 g/mol. The molecule has 1 saturated heterocycles. The molecule has 0 aliphatic carbocycles. The highest BCUT2D eigenvalue weighted by atomic mass is 35.5. The number of nitro groups is 1. The third kappa shape index (κ3) is 5.88. The predicted octanol–water partition coefficient (Wildman–Crippen LogP) is 3.79. The lowest BCUT2D eigenvalue weighted by molar-refractivity contribution is -0.384. The molecule has 2 aromatic carbocycles. The first-order valence-electron chi connectivity index (χ1n) is 9.48. The normalized spacial score (nSPS) is 14.6. The van der Waals surface area contributed by atoms with Gasteiger partial charge in [-0.3, -0.25) is 29.4 Å². The molecule has 0 unspecified atom stereocenters. The van der Waals surface area contributed by atoms with Crippen LogP contribution in [0.25, 0.3) is 6.08 Å². The van der Waals surface area contributed by atoms with Gasteiger partial charge in [0.25, 0.3) is 16.8 Å². The molecule has 1 N–H and O–H groups in total. The highest BCUT2D eigenvalue weighted by Gasteiger charge is 2.34. The van der Waals surface area contributed by atoms with Crippen molar-refractivity contribution in [1.82, 2.24) is 10.2 Å². The zero-order chi connectivity index (χ0) is 24.1. The van der Waals surface area contributed by atoms with Crippen molar-refractivity contribution in [2.45, 2.75) is 6.42 Å². The zero-order valence-electron chi connectivity index (χ0n) is 17.2. The fourth-order valence-electron chi connectivity index (χ4n) is 2.98. The summed E-state index contributed by atoms with van der Waals surface area (Å²) in [5.41, 5.74) is 0.470. The average molecular weight is 494 g/mol. The van der Waals surface area contributed by atoms with Crippen LogP contribution < -0.4 is 10.1 Å². The van der Waals surface area contributed by atoms with Gasteiger partial charge in [0.1, 0.15) is 5.02 Å². The molecule has 33 heavy (non-hydrogen) atoms. The summed E-state index contributed by atoms with van der Waals surface area (Å²) in [6.07, 6.45) is 1.28. The molecule has 3 amide bonds. The van der Waals surface area contributed by atoms with E-state index >= 15 is 0 Å². The standard InChI is InChI=1S/C21H17ClFN3O6S/c1-32-17-5-3-12(8-15(17)23)11-19(27)24-6-7-25-20(28)18(33-21(25)29)10-13-2-4-14(22)16(9-13)26(30)31/h2-5,8-10H,6-7,11H2,1H3,(H,24,27)/b18-10-. The van der Waals surface area contributed by atoms with E-state index in [1.807, 2.05) is 0 Å². The van der Waals surface area contributed by atoms with Crippen molar-refractivity contribution in [1.29, 1.82) is 0 Å². The molecule has 12 heteroatoms. The number of nitro benzene ring substituents is 1. The van der Waals surface area contributed by atoms with E-state index in [1.165, 1.54) is 43.5 Å². The quantitative estimate of drug-likeness (QED) is 0.337. The van der Waals surface area contributed by atoms with E-state index in [-0.39, 0.29) is 40.9 Å². The Morgan fingerprint density at radius 1 is 1.30 bits per heavy atom. The number of halogens is 2. The Morgan fingerprint density at radius 2 is 2.06 bits per heavy atom. The van der Waals surface area contributed by atoms with Crippen LogP contribution in [-0.2, 0) is 16.0 Å². The van der Waals surface area contributed by atoms with Crippen LogP contribution in [0.2, 0.25) is 5.02 Å². The number of nitrogens with zero attached hydrogens (tertiary/aromatic N) is 2. The number of methoxy groups -OCH3 is 1. The number of carbonyl (C=O) groups excluding carboxylic acids is 3. The number of amides is 3. The van der Waals surface area contributed by atoms with E-state index in [1.54, 1.807) is 6.07 Å². The molecule has 0 radical (unpaired) electrons. The van der Waals surface area contributed by atoms with Crippen LogP contribution in [0, 0.1) is 15.9 Å². The predicted molar refractivity (Wildman–Crippen MR) is 120 cm³/mol. The summed E-state index contributed by atoms with van der Waals surface area (Å²) in [5, 5.41) is 13.0. The van der Waals surface area contributed by atoms with Gasteiger partial charge >= 0.3 is 0 Å². The number of carbonyl (C=O) groups is 3. The van der Waals surface area contributed by atoms with Crippen molar-refractivity contribution >= 4 is 52.2 Å². The van der Waals surface area contributed by atoms with Gasteiger partial charge in [-0.25, -0.2) is 4.39 Å². The van der Waals surface area contributed by atoms with Crippen LogP contribution in [0.4, 0.5) is 14.9 Å². The van der Waals surface area contributed by atoms with Gasteiger partial charge in [-0.1, -0.05) is 23.7 Å². The SMILES string of the molecule is COc1ccc(CC(=O)NCCN2C(=O)S/C(=C\c3ccc(Cl)c([N+](=O)[O-])c3)C2=O)cc1F. The maximum Gasteiger partial charge on any atom is 0.293 e. The topological polar surface area (TPSA) is 119 Å². The molecule has 172 valence electrons. The van der Waals surface area contributed by atoms with Gasteiger partial charge in [0.15, 0.2) is 11.6 Å².